The fourth-order valence-electron chi connectivity index (χ4n) is 1.73. The molecule has 0 spiro atoms. The second-order valence-electron chi connectivity index (χ2n) is 3.79. The minimum absolute atomic E-state index is 0.526. The summed E-state index contributed by atoms with van der Waals surface area (Å²) in [5.41, 5.74) is 5.83. The molecule has 1 rings (SSSR count). The molecular weight excluding hydrogens is 208 g/mol. The Morgan fingerprint density at radius 3 is 2.24 bits per heavy atom. The molecule has 0 fully saturated rings. The monoisotopic (exact) mass is 240 g/mol. The maximum absolute atomic E-state index is 4.08. The van der Waals surface area contributed by atoms with Crippen LogP contribution in [0.3, 0.4) is 0 Å². The van der Waals surface area contributed by atoms with E-state index < -0.39 is 0 Å². The molecule has 0 amide bonds. The molecular formula is C15H32N2. The molecule has 2 nitrogen and oxygen atoms in total. The first-order valence-corrected chi connectivity index (χ1v) is 7.24. The summed E-state index contributed by atoms with van der Waals surface area (Å²) in [6.07, 6.45) is 7.15. The maximum atomic E-state index is 4.08. The smallest absolute Gasteiger partial charge is 0.0316 e. The van der Waals surface area contributed by atoms with E-state index in [0.29, 0.717) is 5.92 Å². The van der Waals surface area contributed by atoms with E-state index in [4.69, 9.17) is 0 Å². The molecule has 1 aliphatic heterocycles. The largest absolute Gasteiger partial charge is 0.283 e. The lowest BCUT2D eigenvalue weighted by Crippen LogP contribution is -2.18. The van der Waals surface area contributed by atoms with Crippen LogP contribution in [0.1, 0.15) is 74.1 Å². The highest BCUT2D eigenvalue weighted by atomic mass is 15.3. The van der Waals surface area contributed by atoms with Gasteiger partial charge in [-0.15, -0.1) is 0 Å². The third-order valence-corrected chi connectivity index (χ3v) is 2.61. The molecule has 0 bridgehead atoms. The average Bonchev–Trinajstić information content (AvgIpc) is 2.38. The van der Waals surface area contributed by atoms with Gasteiger partial charge < -0.3 is 0 Å². The van der Waals surface area contributed by atoms with Crippen LogP contribution in [-0.2, 0) is 0 Å². The van der Waals surface area contributed by atoms with Gasteiger partial charge in [-0.05, 0) is 25.3 Å². The molecule has 2 heteroatoms. The first-order chi connectivity index (χ1) is 8.25. The first kappa shape index (κ1) is 18.6. The summed E-state index contributed by atoms with van der Waals surface area (Å²) < 4.78 is 0. The van der Waals surface area contributed by atoms with E-state index >= 15 is 0 Å². The summed E-state index contributed by atoms with van der Waals surface area (Å²) in [6.45, 7) is 14.6. The van der Waals surface area contributed by atoms with Crippen molar-refractivity contribution in [3.63, 3.8) is 0 Å². The van der Waals surface area contributed by atoms with Crippen molar-refractivity contribution >= 4 is 6.21 Å². The molecule has 0 aromatic heterocycles. The average molecular weight is 240 g/mol. The first-order valence-electron chi connectivity index (χ1n) is 7.24. The third-order valence-electron chi connectivity index (χ3n) is 2.61. The number of unbranched alkanes of at least 4 members (excludes halogenated alkanes) is 2. The standard InChI is InChI=1S/C11H20N2.2C2H6/c1-4-5-6-7-11-9(2)8-12-13-10(11)3;2*1-2/h8-9,13H,4-7H2,1-3H3;2*1-2H3. The highest BCUT2D eigenvalue weighted by Crippen LogP contribution is 2.21. The lowest BCUT2D eigenvalue weighted by Gasteiger charge is -2.19. The normalized spacial score (nSPS) is 17.5. The highest BCUT2D eigenvalue weighted by molar-refractivity contribution is 5.66. The molecule has 1 unspecified atom stereocenters. The van der Waals surface area contributed by atoms with Crippen LogP contribution in [0.2, 0.25) is 0 Å². The van der Waals surface area contributed by atoms with Gasteiger partial charge in [0.05, 0.1) is 0 Å². The quantitative estimate of drug-likeness (QED) is 0.678. The van der Waals surface area contributed by atoms with Gasteiger partial charge in [0.1, 0.15) is 0 Å². The predicted molar refractivity (Wildman–Crippen MR) is 80.3 cm³/mol. The number of allylic oxidation sites excluding steroid dienone is 2. The van der Waals surface area contributed by atoms with Crippen molar-refractivity contribution in [3.05, 3.63) is 11.3 Å². The lowest BCUT2D eigenvalue weighted by molar-refractivity contribution is 0.655. The van der Waals surface area contributed by atoms with E-state index in [1.165, 1.54) is 37.0 Å². The van der Waals surface area contributed by atoms with Crippen molar-refractivity contribution in [1.29, 1.82) is 0 Å². The van der Waals surface area contributed by atoms with Crippen molar-refractivity contribution in [2.24, 2.45) is 11.0 Å². The van der Waals surface area contributed by atoms with Crippen LogP contribution in [0.25, 0.3) is 0 Å². The molecule has 0 aliphatic carbocycles. The number of hydrogen-bond acceptors (Lipinski definition) is 2. The molecule has 0 aromatic rings. The molecule has 0 saturated heterocycles. The highest BCUT2D eigenvalue weighted by Gasteiger charge is 2.12. The van der Waals surface area contributed by atoms with Crippen molar-refractivity contribution in [3.8, 4) is 0 Å². The second kappa shape index (κ2) is 13.3. The Bertz CT molecular complexity index is 217. The van der Waals surface area contributed by atoms with Gasteiger partial charge >= 0.3 is 0 Å². The second-order valence-corrected chi connectivity index (χ2v) is 3.79. The minimum atomic E-state index is 0.526. The van der Waals surface area contributed by atoms with Crippen LogP contribution in [0, 0.1) is 5.92 Å². The summed E-state index contributed by atoms with van der Waals surface area (Å²) in [4.78, 5) is 0. The Morgan fingerprint density at radius 1 is 1.18 bits per heavy atom. The van der Waals surface area contributed by atoms with Crippen LogP contribution < -0.4 is 5.43 Å². The minimum Gasteiger partial charge on any atom is -0.283 e. The number of hydrazone groups is 1. The van der Waals surface area contributed by atoms with Crippen LogP contribution in [0.4, 0.5) is 0 Å². The number of nitrogens with one attached hydrogen (secondary N) is 1. The molecule has 17 heavy (non-hydrogen) atoms. The summed E-state index contributed by atoms with van der Waals surface area (Å²) in [5, 5.41) is 4.08. The summed E-state index contributed by atoms with van der Waals surface area (Å²) in [7, 11) is 0. The van der Waals surface area contributed by atoms with Crippen molar-refractivity contribution in [1.82, 2.24) is 5.43 Å². The van der Waals surface area contributed by atoms with E-state index in [-0.39, 0.29) is 0 Å². The van der Waals surface area contributed by atoms with Gasteiger partial charge in [-0.1, -0.05) is 54.4 Å². The molecule has 0 aromatic carbocycles. The zero-order valence-electron chi connectivity index (χ0n) is 12.9. The van der Waals surface area contributed by atoms with Crippen molar-refractivity contribution < 1.29 is 0 Å². The van der Waals surface area contributed by atoms with Crippen LogP contribution in [0.5, 0.6) is 0 Å². The predicted octanol–water partition coefficient (Wildman–Crippen LogP) is 5.12. The Labute approximate surface area is 109 Å². The van der Waals surface area contributed by atoms with E-state index in [2.05, 4.69) is 31.3 Å². The topological polar surface area (TPSA) is 24.4 Å². The summed E-state index contributed by atoms with van der Waals surface area (Å²) in [6, 6.07) is 0. The van der Waals surface area contributed by atoms with Gasteiger partial charge in [-0.25, -0.2) is 0 Å². The number of rotatable bonds is 4. The van der Waals surface area contributed by atoms with E-state index in [1.54, 1.807) is 0 Å². The van der Waals surface area contributed by atoms with Crippen molar-refractivity contribution in [2.45, 2.75) is 74.1 Å². The van der Waals surface area contributed by atoms with E-state index in [1.807, 2.05) is 33.9 Å². The summed E-state index contributed by atoms with van der Waals surface area (Å²) in [5.74, 6) is 0.526. The van der Waals surface area contributed by atoms with Crippen LogP contribution in [0.15, 0.2) is 16.4 Å². The fraction of sp³-hybridized carbons (Fsp3) is 0.800. The zero-order valence-corrected chi connectivity index (χ0v) is 12.9. The number of nitrogens with zero attached hydrogens (tertiary/aromatic N) is 1. The molecule has 0 radical (unpaired) electrons. The SMILES string of the molecule is CC.CC.CCCCCC1=C(C)NN=CC1C. The third kappa shape index (κ3) is 8.00. The zero-order chi connectivity index (χ0) is 13.7. The molecule has 1 heterocycles. The van der Waals surface area contributed by atoms with Gasteiger partial charge in [0.15, 0.2) is 0 Å². The molecule has 1 N–H and O–H groups in total. The van der Waals surface area contributed by atoms with Gasteiger partial charge in [0.25, 0.3) is 0 Å². The van der Waals surface area contributed by atoms with Gasteiger partial charge in [-0.2, -0.15) is 5.10 Å². The van der Waals surface area contributed by atoms with Gasteiger partial charge in [-0.3, -0.25) is 5.43 Å². The molecule has 1 aliphatic rings. The maximum Gasteiger partial charge on any atom is 0.0316 e. The molecule has 0 saturated carbocycles. The van der Waals surface area contributed by atoms with Crippen LogP contribution in [-0.4, -0.2) is 6.21 Å². The summed E-state index contributed by atoms with van der Waals surface area (Å²) >= 11 is 0. The van der Waals surface area contributed by atoms with Crippen molar-refractivity contribution in [2.75, 3.05) is 0 Å². The molecule has 1 atom stereocenters. The van der Waals surface area contributed by atoms with E-state index in [0.717, 1.165) is 0 Å². The van der Waals surface area contributed by atoms with E-state index in [9.17, 15) is 0 Å². The number of hydrogen-bond donors (Lipinski definition) is 1. The molecule has 102 valence electrons. The van der Waals surface area contributed by atoms with Crippen LogP contribution >= 0.6 is 0 Å². The fourth-order valence-corrected chi connectivity index (χ4v) is 1.73. The Morgan fingerprint density at radius 2 is 1.76 bits per heavy atom. The Kier molecular flexibility index (Phi) is 14.5. The van der Waals surface area contributed by atoms with Gasteiger partial charge in [0.2, 0.25) is 0 Å². The van der Waals surface area contributed by atoms with Gasteiger partial charge in [0, 0.05) is 17.8 Å². The Hall–Kier alpha value is -0.790. The lowest BCUT2D eigenvalue weighted by atomic mass is 9.94. The Balaban J connectivity index is 0.